The van der Waals surface area contributed by atoms with Gasteiger partial charge in [0.25, 0.3) is 0 Å². The molecule has 2 aliphatic carbocycles. The Balaban J connectivity index is 1.64. The molecule has 2 saturated carbocycles. The highest BCUT2D eigenvalue weighted by molar-refractivity contribution is 6.15. The van der Waals surface area contributed by atoms with Crippen LogP contribution in [0.2, 0.25) is 0 Å². The fourth-order valence-electron chi connectivity index (χ4n) is 3.61. The first-order valence-electron chi connectivity index (χ1n) is 8.09. The van der Waals surface area contributed by atoms with Crippen LogP contribution in [0.5, 0.6) is 0 Å². The third kappa shape index (κ3) is 2.29. The molecule has 118 valence electrons. The van der Waals surface area contributed by atoms with Gasteiger partial charge < -0.3 is 0 Å². The van der Waals surface area contributed by atoms with Gasteiger partial charge >= 0.3 is 0 Å². The number of carbonyl (C=O) groups is 1. The normalized spacial score (nSPS) is 25.5. The van der Waals surface area contributed by atoms with Gasteiger partial charge in [-0.05, 0) is 31.6 Å². The first-order valence-corrected chi connectivity index (χ1v) is 8.09. The van der Waals surface area contributed by atoms with Gasteiger partial charge in [-0.1, -0.05) is 6.42 Å². The van der Waals surface area contributed by atoms with Gasteiger partial charge in [0, 0.05) is 18.6 Å². The summed E-state index contributed by atoms with van der Waals surface area (Å²) in [6.45, 7) is 0. The maximum atomic E-state index is 13.3. The SMILES string of the molecule is O=C1CC(C2CCC2)=Nc2c1cnn2C1CCC(F)(F)CC1. The first-order chi connectivity index (χ1) is 10.5. The van der Waals surface area contributed by atoms with Gasteiger partial charge in [-0.15, -0.1) is 0 Å². The van der Waals surface area contributed by atoms with Crippen molar-refractivity contribution >= 4 is 17.3 Å². The average molecular weight is 307 g/mol. The van der Waals surface area contributed by atoms with Crippen LogP contribution in [-0.4, -0.2) is 27.2 Å². The largest absolute Gasteiger partial charge is 0.294 e. The van der Waals surface area contributed by atoms with E-state index in [2.05, 4.69) is 5.10 Å². The molecular weight excluding hydrogens is 288 g/mol. The van der Waals surface area contributed by atoms with Crippen LogP contribution in [0.25, 0.3) is 0 Å². The van der Waals surface area contributed by atoms with Crippen molar-refractivity contribution in [1.29, 1.82) is 0 Å². The highest BCUT2D eigenvalue weighted by Crippen LogP contribution is 2.42. The summed E-state index contributed by atoms with van der Waals surface area (Å²) in [6.07, 6.45) is 5.92. The number of halogens is 2. The van der Waals surface area contributed by atoms with E-state index < -0.39 is 5.92 Å². The van der Waals surface area contributed by atoms with E-state index in [9.17, 15) is 13.6 Å². The molecule has 0 unspecified atom stereocenters. The number of Topliss-reactive ketones (excluding diaryl/α,β-unsaturated/α-hetero) is 1. The van der Waals surface area contributed by atoms with Gasteiger partial charge in [-0.3, -0.25) is 4.79 Å². The molecule has 0 radical (unpaired) electrons. The number of hydrogen-bond acceptors (Lipinski definition) is 3. The predicted octanol–water partition coefficient (Wildman–Crippen LogP) is 4.09. The van der Waals surface area contributed by atoms with Gasteiger partial charge in [-0.25, -0.2) is 18.5 Å². The third-order valence-electron chi connectivity index (χ3n) is 5.27. The van der Waals surface area contributed by atoms with E-state index in [1.54, 1.807) is 10.9 Å². The molecule has 4 nitrogen and oxygen atoms in total. The van der Waals surface area contributed by atoms with Crippen LogP contribution in [-0.2, 0) is 0 Å². The van der Waals surface area contributed by atoms with Crippen LogP contribution in [0.3, 0.4) is 0 Å². The predicted molar refractivity (Wildman–Crippen MR) is 78.1 cm³/mol. The van der Waals surface area contributed by atoms with E-state index in [1.165, 1.54) is 6.42 Å². The number of alkyl halides is 2. The Morgan fingerprint density at radius 3 is 2.55 bits per heavy atom. The van der Waals surface area contributed by atoms with E-state index in [1.807, 2.05) is 0 Å². The molecule has 0 aromatic carbocycles. The second-order valence-corrected chi connectivity index (χ2v) is 6.74. The molecule has 4 rings (SSSR count). The molecule has 1 aromatic rings. The van der Waals surface area contributed by atoms with E-state index in [-0.39, 0.29) is 24.7 Å². The zero-order valence-corrected chi connectivity index (χ0v) is 12.4. The molecule has 0 N–H and O–H groups in total. The van der Waals surface area contributed by atoms with Crippen molar-refractivity contribution in [1.82, 2.24) is 9.78 Å². The smallest absolute Gasteiger partial charge is 0.248 e. The van der Waals surface area contributed by atoms with Gasteiger partial charge in [0.1, 0.15) is 0 Å². The van der Waals surface area contributed by atoms with Gasteiger partial charge in [-0.2, -0.15) is 5.10 Å². The molecule has 0 amide bonds. The van der Waals surface area contributed by atoms with Crippen LogP contribution >= 0.6 is 0 Å². The Hall–Kier alpha value is -1.59. The number of aliphatic imine (C=N–C) groups is 1. The van der Waals surface area contributed by atoms with Gasteiger partial charge in [0.2, 0.25) is 5.92 Å². The molecule has 0 saturated heterocycles. The summed E-state index contributed by atoms with van der Waals surface area (Å²) in [5, 5.41) is 4.30. The molecule has 0 spiro atoms. The minimum Gasteiger partial charge on any atom is -0.294 e. The van der Waals surface area contributed by atoms with Crippen LogP contribution in [0.1, 0.15) is 67.8 Å². The summed E-state index contributed by atoms with van der Waals surface area (Å²) in [5.74, 6) is -1.45. The number of nitrogens with zero attached hydrogens (tertiary/aromatic N) is 3. The number of rotatable bonds is 2. The van der Waals surface area contributed by atoms with E-state index >= 15 is 0 Å². The summed E-state index contributed by atoms with van der Waals surface area (Å²) in [4.78, 5) is 17.0. The van der Waals surface area contributed by atoms with Crippen LogP contribution in [0, 0.1) is 5.92 Å². The molecule has 1 aliphatic heterocycles. The molecule has 0 bridgehead atoms. The zero-order valence-electron chi connectivity index (χ0n) is 12.4. The number of ketones is 1. The molecule has 2 fully saturated rings. The maximum Gasteiger partial charge on any atom is 0.248 e. The molecule has 3 aliphatic rings. The van der Waals surface area contributed by atoms with Gasteiger partial charge in [0.05, 0.1) is 24.2 Å². The third-order valence-corrected chi connectivity index (χ3v) is 5.27. The quantitative estimate of drug-likeness (QED) is 0.826. The zero-order chi connectivity index (χ0) is 15.3. The second kappa shape index (κ2) is 4.96. The lowest BCUT2D eigenvalue weighted by atomic mass is 9.79. The summed E-state index contributed by atoms with van der Waals surface area (Å²) in [5.41, 5.74) is 1.52. The summed E-state index contributed by atoms with van der Waals surface area (Å²) < 4.78 is 28.4. The fraction of sp³-hybridized carbons (Fsp3) is 0.688. The molecule has 0 atom stereocenters. The Kier molecular flexibility index (Phi) is 3.16. The lowest BCUT2D eigenvalue weighted by Crippen LogP contribution is -2.28. The minimum atomic E-state index is -2.56. The van der Waals surface area contributed by atoms with E-state index in [4.69, 9.17) is 4.99 Å². The first kappa shape index (κ1) is 14.0. The lowest BCUT2D eigenvalue weighted by molar-refractivity contribution is -0.0448. The van der Waals surface area contributed by atoms with Crippen molar-refractivity contribution in [3.8, 4) is 0 Å². The van der Waals surface area contributed by atoms with Crippen molar-refractivity contribution in [2.75, 3.05) is 0 Å². The number of fused-ring (bicyclic) bond motifs is 1. The van der Waals surface area contributed by atoms with Crippen molar-refractivity contribution in [2.24, 2.45) is 10.9 Å². The number of hydrogen-bond donors (Lipinski definition) is 0. The lowest BCUT2D eigenvalue weighted by Gasteiger charge is -2.31. The standard InChI is InChI=1S/C16H19F2N3O/c17-16(18)6-4-11(5-7-16)21-15-12(9-19-21)14(22)8-13(20-15)10-2-1-3-10/h9-11H,1-8H2. The van der Waals surface area contributed by atoms with Crippen molar-refractivity contribution in [3.05, 3.63) is 11.8 Å². The summed E-state index contributed by atoms with van der Waals surface area (Å²) in [6, 6.07) is -0.0688. The van der Waals surface area contributed by atoms with Crippen LogP contribution in [0.4, 0.5) is 14.6 Å². The highest BCUT2D eigenvalue weighted by Gasteiger charge is 2.38. The van der Waals surface area contributed by atoms with Crippen LogP contribution in [0.15, 0.2) is 11.2 Å². The average Bonchev–Trinajstić information content (AvgIpc) is 2.81. The molecular formula is C16H19F2N3O. The molecule has 22 heavy (non-hydrogen) atoms. The Labute approximate surface area is 127 Å². The Morgan fingerprint density at radius 2 is 1.91 bits per heavy atom. The highest BCUT2D eigenvalue weighted by atomic mass is 19.3. The van der Waals surface area contributed by atoms with Crippen molar-refractivity contribution in [2.45, 2.75) is 63.3 Å². The van der Waals surface area contributed by atoms with Gasteiger partial charge in [0.15, 0.2) is 11.6 Å². The number of aromatic nitrogens is 2. The van der Waals surface area contributed by atoms with E-state index in [0.717, 1.165) is 18.6 Å². The second-order valence-electron chi connectivity index (χ2n) is 6.74. The fourth-order valence-corrected chi connectivity index (χ4v) is 3.61. The van der Waals surface area contributed by atoms with Crippen molar-refractivity contribution in [3.63, 3.8) is 0 Å². The maximum absolute atomic E-state index is 13.3. The van der Waals surface area contributed by atoms with Crippen molar-refractivity contribution < 1.29 is 13.6 Å². The Morgan fingerprint density at radius 1 is 1.18 bits per heavy atom. The van der Waals surface area contributed by atoms with E-state index in [0.29, 0.717) is 36.6 Å². The summed E-state index contributed by atoms with van der Waals surface area (Å²) >= 11 is 0. The topological polar surface area (TPSA) is 47.2 Å². The Bertz CT molecular complexity index is 636. The molecule has 6 heteroatoms. The minimum absolute atomic E-state index is 0.0688. The van der Waals surface area contributed by atoms with Crippen LogP contribution < -0.4 is 0 Å². The number of carbonyl (C=O) groups excluding carboxylic acids is 1. The molecule has 1 aromatic heterocycles. The molecule has 2 heterocycles. The summed E-state index contributed by atoms with van der Waals surface area (Å²) in [7, 11) is 0. The monoisotopic (exact) mass is 307 g/mol.